The van der Waals surface area contributed by atoms with E-state index in [1.54, 1.807) is 0 Å². The van der Waals surface area contributed by atoms with Gasteiger partial charge in [0.05, 0.1) is 22.0 Å². The Morgan fingerprint density at radius 1 is 0.479 bits per heavy atom. The number of aromatic nitrogens is 4. The summed E-state index contributed by atoms with van der Waals surface area (Å²) in [4.78, 5) is 62.1. The molecule has 2 aromatic heterocycles. The fraction of sp³-hybridized carbons (Fsp3) is 0.346. The van der Waals surface area contributed by atoms with Gasteiger partial charge in [-0.2, -0.15) is 8.42 Å². The molecule has 0 bridgehead atoms. The Labute approximate surface area is 432 Å². The van der Waals surface area contributed by atoms with Crippen LogP contribution in [0.1, 0.15) is 96.1 Å². The Morgan fingerprint density at radius 3 is 1.07 bits per heavy atom. The molecule has 0 radical (unpaired) electrons. The number of aryl methyl sites for hydroxylation is 6. The second-order valence-corrected chi connectivity index (χ2v) is 18.8. The van der Waals surface area contributed by atoms with Gasteiger partial charge in [0.25, 0.3) is 11.1 Å². The van der Waals surface area contributed by atoms with Gasteiger partial charge in [-0.05, 0) is 149 Å². The number of anilines is 4. The number of nitrogens with two attached hydrogens (primary N) is 2. The van der Waals surface area contributed by atoms with Crippen molar-refractivity contribution in [2.24, 2.45) is 0 Å². The number of amides is 2. The van der Waals surface area contributed by atoms with Crippen LogP contribution in [0.5, 0.6) is 0 Å². The molecule has 0 aliphatic heterocycles. The van der Waals surface area contributed by atoms with Crippen molar-refractivity contribution in [2.75, 3.05) is 32.8 Å². The van der Waals surface area contributed by atoms with Gasteiger partial charge in [-0.25, -0.2) is 9.97 Å². The van der Waals surface area contributed by atoms with E-state index in [1.807, 2.05) is 60.7 Å². The SMILES string of the molecule is Nc1nc(CCCCc2ccc(NC(=O)CBr)cc2)c(CCCCc2ccccc2)c(=O)[nH]1.Nc1nc(CCCCc2ccc(NC(=O)CBr)cc2)c(CCCCc2ccccc2)c(=O)[nH]1.O=S(=O)(O)O. The van der Waals surface area contributed by atoms with E-state index in [0.717, 1.165) is 124 Å². The van der Waals surface area contributed by atoms with Crippen molar-refractivity contribution < 1.29 is 27.1 Å². The summed E-state index contributed by atoms with van der Waals surface area (Å²) in [6, 6.07) is 36.6. The van der Waals surface area contributed by atoms with Crippen molar-refractivity contribution >= 4 is 77.3 Å². The number of nitrogens with zero attached hydrogens (tertiary/aromatic N) is 2. The lowest BCUT2D eigenvalue weighted by atomic mass is 10.0. The van der Waals surface area contributed by atoms with Gasteiger partial charge < -0.3 is 22.1 Å². The molecule has 380 valence electrons. The van der Waals surface area contributed by atoms with Crippen molar-refractivity contribution in [3.05, 3.63) is 175 Å². The van der Waals surface area contributed by atoms with E-state index in [2.05, 4.69) is 111 Å². The minimum atomic E-state index is -4.67. The van der Waals surface area contributed by atoms with E-state index in [1.165, 1.54) is 22.3 Å². The average molecular weight is 1120 g/mol. The fourth-order valence-electron chi connectivity index (χ4n) is 7.75. The molecular weight excluding hydrogens is 1060 g/mol. The van der Waals surface area contributed by atoms with Crippen LogP contribution in [0, 0.1) is 0 Å². The van der Waals surface area contributed by atoms with Crippen LogP contribution in [0.15, 0.2) is 119 Å². The number of H-pyrrole nitrogens is 2. The molecule has 0 aliphatic carbocycles. The number of hydrogen-bond donors (Lipinski definition) is 8. The van der Waals surface area contributed by atoms with Gasteiger partial charge in [-0.3, -0.25) is 38.3 Å². The molecular formula is C52H64Br2N8O8S. The van der Waals surface area contributed by atoms with Crippen LogP contribution in [0.2, 0.25) is 0 Å². The first-order chi connectivity index (χ1) is 34.1. The predicted octanol–water partition coefficient (Wildman–Crippen LogP) is 8.98. The van der Waals surface area contributed by atoms with E-state index in [-0.39, 0.29) is 45.5 Å². The molecule has 0 saturated carbocycles. The van der Waals surface area contributed by atoms with Crippen LogP contribution in [0.3, 0.4) is 0 Å². The number of rotatable bonds is 24. The van der Waals surface area contributed by atoms with Gasteiger partial charge in [0, 0.05) is 22.5 Å². The van der Waals surface area contributed by atoms with Crippen LogP contribution in [-0.4, -0.2) is 59.9 Å². The van der Waals surface area contributed by atoms with Crippen LogP contribution in [0.25, 0.3) is 0 Å². The molecule has 0 saturated heterocycles. The molecule has 0 aliphatic rings. The van der Waals surface area contributed by atoms with E-state index >= 15 is 0 Å². The smallest absolute Gasteiger partial charge is 0.369 e. The number of benzene rings is 4. The van der Waals surface area contributed by atoms with Gasteiger partial charge in [-0.1, -0.05) is 117 Å². The molecule has 19 heteroatoms. The van der Waals surface area contributed by atoms with Gasteiger partial charge >= 0.3 is 10.4 Å². The average Bonchev–Trinajstić information content (AvgIpc) is 3.34. The lowest BCUT2D eigenvalue weighted by molar-refractivity contribution is -0.114. The largest absolute Gasteiger partial charge is 0.394 e. The summed E-state index contributed by atoms with van der Waals surface area (Å²) in [5, 5.41) is 6.20. The van der Waals surface area contributed by atoms with Crippen LogP contribution < -0.4 is 33.2 Å². The van der Waals surface area contributed by atoms with Crippen molar-refractivity contribution in [3.63, 3.8) is 0 Å². The summed E-state index contributed by atoms with van der Waals surface area (Å²) in [5.74, 6) is 0.236. The molecule has 0 spiro atoms. The van der Waals surface area contributed by atoms with Gasteiger partial charge in [0.15, 0.2) is 0 Å². The Balaban J connectivity index is 0.000000282. The highest BCUT2D eigenvalue weighted by molar-refractivity contribution is 9.09. The second-order valence-electron chi connectivity index (χ2n) is 16.8. The first-order valence-corrected chi connectivity index (χ1v) is 27.2. The quantitative estimate of drug-likeness (QED) is 0.0160. The summed E-state index contributed by atoms with van der Waals surface area (Å²) in [7, 11) is -4.67. The summed E-state index contributed by atoms with van der Waals surface area (Å²) in [6.07, 6.45) is 14.5. The molecule has 71 heavy (non-hydrogen) atoms. The highest BCUT2D eigenvalue weighted by Gasteiger charge is 2.13. The Morgan fingerprint density at radius 2 is 0.761 bits per heavy atom. The Kier molecular flexibility index (Phi) is 25.4. The van der Waals surface area contributed by atoms with Crippen molar-refractivity contribution in [2.45, 2.75) is 103 Å². The van der Waals surface area contributed by atoms with Crippen molar-refractivity contribution in [1.29, 1.82) is 0 Å². The lowest BCUT2D eigenvalue weighted by Crippen LogP contribution is -2.20. The molecule has 2 amide bonds. The van der Waals surface area contributed by atoms with Crippen molar-refractivity contribution in [1.82, 2.24) is 19.9 Å². The fourth-order valence-corrected chi connectivity index (χ4v) is 8.03. The molecule has 6 aromatic rings. The van der Waals surface area contributed by atoms with Gasteiger partial charge in [0.2, 0.25) is 23.7 Å². The third-order valence-corrected chi connectivity index (χ3v) is 12.2. The summed E-state index contributed by atoms with van der Waals surface area (Å²) in [5.41, 5.74) is 21.2. The van der Waals surface area contributed by atoms with E-state index < -0.39 is 10.4 Å². The van der Waals surface area contributed by atoms with Crippen LogP contribution >= 0.6 is 31.9 Å². The lowest BCUT2D eigenvalue weighted by Gasteiger charge is -2.09. The maximum Gasteiger partial charge on any atom is 0.394 e. The number of carbonyl (C=O) groups is 2. The van der Waals surface area contributed by atoms with Crippen molar-refractivity contribution in [3.8, 4) is 0 Å². The van der Waals surface area contributed by atoms with Gasteiger partial charge in [0.1, 0.15) is 0 Å². The number of alkyl halides is 2. The molecule has 6 rings (SSSR count). The number of carbonyl (C=O) groups excluding carboxylic acids is 2. The third kappa shape index (κ3) is 23.7. The number of unbranched alkanes of at least 4 members (excludes halogenated alkanes) is 4. The number of nitrogens with one attached hydrogen (secondary N) is 4. The standard InChI is InChI=1S/2C26H31BrN4O2.H2O4S/c2*27-18-24(32)29-21-16-14-20(15-17-21)11-5-7-13-23-22(25(33)31-26(28)30-23)12-6-4-10-19-8-2-1-3-9-19;1-5(2,3)4/h2*1-3,8-9,14-17H,4-7,10-13,18H2,(H,29,32)(H3,28,30,31,33);(H2,1,2,3,4). The highest BCUT2D eigenvalue weighted by atomic mass is 79.9. The second kappa shape index (κ2) is 31.4. The maximum absolute atomic E-state index is 12.5. The predicted molar refractivity (Wildman–Crippen MR) is 290 cm³/mol. The first kappa shape index (κ1) is 57.6. The maximum atomic E-state index is 12.5. The summed E-state index contributed by atoms with van der Waals surface area (Å²) < 4.78 is 31.6. The molecule has 0 unspecified atom stereocenters. The molecule has 2 heterocycles. The zero-order valence-electron chi connectivity index (χ0n) is 39.7. The van der Waals surface area contributed by atoms with E-state index in [4.69, 9.17) is 29.0 Å². The van der Waals surface area contributed by atoms with Crippen LogP contribution in [-0.2, 0) is 71.4 Å². The molecule has 10 N–H and O–H groups in total. The summed E-state index contributed by atoms with van der Waals surface area (Å²) >= 11 is 6.28. The molecule has 0 atom stereocenters. The monoisotopic (exact) mass is 1120 g/mol. The highest BCUT2D eigenvalue weighted by Crippen LogP contribution is 2.18. The van der Waals surface area contributed by atoms with Crippen LogP contribution in [0.4, 0.5) is 23.3 Å². The topological polar surface area (TPSA) is 276 Å². The number of nitrogen functional groups attached to an aromatic ring is 2. The third-order valence-electron chi connectivity index (χ3n) is 11.2. The minimum absolute atomic E-state index is 0.0664. The summed E-state index contributed by atoms with van der Waals surface area (Å²) in [6.45, 7) is 0. The minimum Gasteiger partial charge on any atom is -0.369 e. The number of halogens is 2. The Hall–Kier alpha value is -5.99. The molecule has 16 nitrogen and oxygen atoms in total. The number of hydrogen-bond acceptors (Lipinski definition) is 10. The molecule has 0 fully saturated rings. The van der Waals surface area contributed by atoms with Gasteiger partial charge in [-0.15, -0.1) is 0 Å². The van der Waals surface area contributed by atoms with E-state index in [0.29, 0.717) is 12.8 Å². The number of aromatic amines is 2. The zero-order chi connectivity index (χ0) is 51.4. The first-order valence-electron chi connectivity index (χ1n) is 23.5. The molecule has 4 aromatic carbocycles. The zero-order valence-corrected chi connectivity index (χ0v) is 43.7. The normalized spacial score (nSPS) is 10.9. The van der Waals surface area contributed by atoms with E-state index in [9.17, 15) is 19.2 Å². The Bertz CT molecular complexity index is 2600.